The van der Waals surface area contributed by atoms with E-state index in [1.165, 1.54) is 6.92 Å². The van der Waals surface area contributed by atoms with Crippen molar-refractivity contribution in [3.05, 3.63) is 40.7 Å². The molecule has 0 saturated heterocycles. The highest BCUT2D eigenvalue weighted by atomic mass is 19.1. The van der Waals surface area contributed by atoms with Gasteiger partial charge in [-0.05, 0) is 24.5 Å². The third kappa shape index (κ3) is 2.26. The summed E-state index contributed by atoms with van der Waals surface area (Å²) in [5.74, 6) is -2.80. The van der Waals surface area contributed by atoms with E-state index in [4.69, 9.17) is 5.11 Å². The fourth-order valence-corrected chi connectivity index (χ4v) is 1.94. The van der Waals surface area contributed by atoms with Crippen molar-refractivity contribution in [2.75, 3.05) is 0 Å². The van der Waals surface area contributed by atoms with Crippen molar-refractivity contribution in [3.63, 3.8) is 0 Å². The molecule has 5 nitrogen and oxygen atoms in total. The number of nitrogens with zero attached hydrogens (tertiary/aromatic N) is 3. The minimum atomic E-state index is -1.26. The van der Waals surface area contributed by atoms with Gasteiger partial charge in [-0.3, -0.25) is 0 Å². The number of rotatable bonds is 3. The predicted molar refractivity (Wildman–Crippen MR) is 67.1 cm³/mol. The van der Waals surface area contributed by atoms with Gasteiger partial charge in [0.05, 0.1) is 5.69 Å². The molecule has 1 N–H and O–H groups in total. The van der Waals surface area contributed by atoms with Gasteiger partial charge in [-0.1, -0.05) is 19.1 Å². The van der Waals surface area contributed by atoms with Crippen LogP contribution < -0.4 is 0 Å². The molecule has 0 atom stereocenters. The van der Waals surface area contributed by atoms with Crippen molar-refractivity contribution >= 4 is 5.97 Å². The van der Waals surface area contributed by atoms with Crippen LogP contribution in [0.2, 0.25) is 0 Å². The zero-order valence-corrected chi connectivity index (χ0v) is 11.2. The van der Waals surface area contributed by atoms with Crippen LogP contribution in [0, 0.1) is 18.6 Å². The van der Waals surface area contributed by atoms with E-state index in [2.05, 4.69) is 10.3 Å². The fourth-order valence-electron chi connectivity index (χ4n) is 1.94. The van der Waals surface area contributed by atoms with Crippen molar-refractivity contribution in [2.45, 2.75) is 26.7 Å². The molecule has 0 aliphatic rings. The number of aromatic carboxylic acids is 1. The molecule has 0 fully saturated rings. The second-order valence-electron chi connectivity index (χ2n) is 4.75. The molecular weight excluding hydrogens is 268 g/mol. The molecule has 0 spiro atoms. The molecule has 0 aliphatic heterocycles. The molecule has 2 rings (SSSR count). The quantitative estimate of drug-likeness (QED) is 0.939. The molecule has 0 aliphatic carbocycles. The summed E-state index contributed by atoms with van der Waals surface area (Å²) in [5.41, 5.74) is -0.0345. The van der Waals surface area contributed by atoms with Gasteiger partial charge in [-0.25, -0.2) is 18.3 Å². The molecular formula is C13H13F2N3O2. The molecule has 20 heavy (non-hydrogen) atoms. The molecule has 0 radical (unpaired) electrons. The van der Waals surface area contributed by atoms with Gasteiger partial charge in [0.15, 0.2) is 5.69 Å². The maximum atomic E-state index is 14.0. The summed E-state index contributed by atoms with van der Waals surface area (Å²) in [6.07, 6.45) is 0. The maximum Gasteiger partial charge on any atom is 0.358 e. The summed E-state index contributed by atoms with van der Waals surface area (Å²) >= 11 is 0. The van der Waals surface area contributed by atoms with Gasteiger partial charge >= 0.3 is 5.97 Å². The minimum absolute atomic E-state index is 0.156. The summed E-state index contributed by atoms with van der Waals surface area (Å²) in [7, 11) is 0. The standard InChI is InChI=1S/C13H13F2N3O2/c1-6(2)12-11(13(19)20)16-17-18(12)10-5-8(14)7(3)4-9(10)15/h4-6H,1-3H3,(H,19,20). The Morgan fingerprint density at radius 1 is 1.30 bits per heavy atom. The highest BCUT2D eigenvalue weighted by Crippen LogP contribution is 2.24. The van der Waals surface area contributed by atoms with Crippen LogP contribution in [0.3, 0.4) is 0 Å². The third-order valence-electron chi connectivity index (χ3n) is 2.91. The number of halogens is 2. The van der Waals surface area contributed by atoms with E-state index in [9.17, 15) is 13.6 Å². The molecule has 0 bridgehead atoms. The molecule has 1 aromatic heterocycles. The van der Waals surface area contributed by atoms with E-state index >= 15 is 0 Å². The lowest BCUT2D eigenvalue weighted by molar-refractivity contribution is 0.0688. The lowest BCUT2D eigenvalue weighted by atomic mass is 10.1. The van der Waals surface area contributed by atoms with Crippen molar-refractivity contribution in [2.24, 2.45) is 0 Å². The van der Waals surface area contributed by atoms with E-state index in [1.807, 2.05) is 0 Å². The summed E-state index contributed by atoms with van der Waals surface area (Å²) in [6.45, 7) is 4.89. The average molecular weight is 281 g/mol. The first kappa shape index (κ1) is 14.1. The number of hydrogen-bond acceptors (Lipinski definition) is 3. The molecule has 0 saturated carbocycles. The lowest BCUT2D eigenvalue weighted by Crippen LogP contribution is -2.10. The van der Waals surface area contributed by atoms with Gasteiger partial charge in [-0.2, -0.15) is 0 Å². The van der Waals surface area contributed by atoms with Crippen molar-refractivity contribution in [1.29, 1.82) is 0 Å². The largest absolute Gasteiger partial charge is 0.476 e. The zero-order valence-electron chi connectivity index (χ0n) is 11.2. The topological polar surface area (TPSA) is 68.0 Å². The number of carbonyl (C=O) groups is 1. The molecule has 1 aromatic carbocycles. The number of aromatic nitrogens is 3. The molecule has 1 heterocycles. The van der Waals surface area contributed by atoms with E-state index < -0.39 is 17.6 Å². The van der Waals surface area contributed by atoms with Crippen LogP contribution in [0.25, 0.3) is 5.69 Å². The maximum absolute atomic E-state index is 14.0. The third-order valence-corrected chi connectivity index (χ3v) is 2.91. The Hall–Kier alpha value is -2.31. The smallest absolute Gasteiger partial charge is 0.358 e. The molecule has 2 aromatic rings. The molecule has 0 unspecified atom stereocenters. The van der Waals surface area contributed by atoms with E-state index in [0.717, 1.165) is 16.8 Å². The van der Waals surface area contributed by atoms with Gasteiger partial charge in [-0.15, -0.1) is 5.10 Å². The number of hydrogen-bond donors (Lipinski definition) is 1. The Balaban J connectivity index is 2.70. The SMILES string of the molecule is Cc1cc(F)c(-n2nnc(C(=O)O)c2C(C)C)cc1F. The zero-order chi connectivity index (χ0) is 15.0. The van der Waals surface area contributed by atoms with E-state index in [1.54, 1.807) is 13.8 Å². The monoisotopic (exact) mass is 281 g/mol. The fraction of sp³-hybridized carbons (Fsp3) is 0.308. The van der Waals surface area contributed by atoms with E-state index in [0.29, 0.717) is 0 Å². The normalized spacial score (nSPS) is 11.1. The Kier molecular flexibility index (Phi) is 3.52. The number of aryl methyl sites for hydroxylation is 1. The lowest BCUT2D eigenvalue weighted by Gasteiger charge is -2.11. The van der Waals surface area contributed by atoms with Gasteiger partial charge in [0.2, 0.25) is 0 Å². The Bertz CT molecular complexity index is 680. The van der Waals surface area contributed by atoms with Crippen LogP contribution in [0.15, 0.2) is 12.1 Å². The average Bonchev–Trinajstić information content (AvgIpc) is 2.78. The van der Waals surface area contributed by atoms with Crippen molar-refractivity contribution in [1.82, 2.24) is 15.0 Å². The highest BCUT2D eigenvalue weighted by molar-refractivity contribution is 5.86. The molecule has 106 valence electrons. The van der Waals surface area contributed by atoms with Crippen LogP contribution in [0.5, 0.6) is 0 Å². The summed E-state index contributed by atoms with van der Waals surface area (Å²) in [5, 5.41) is 16.2. The number of carboxylic acid groups (broad SMARTS) is 1. The second kappa shape index (κ2) is 4.99. The minimum Gasteiger partial charge on any atom is -0.476 e. The Morgan fingerprint density at radius 2 is 1.95 bits per heavy atom. The van der Waals surface area contributed by atoms with Gasteiger partial charge < -0.3 is 5.11 Å². The first-order chi connectivity index (χ1) is 9.32. The first-order valence-electron chi connectivity index (χ1n) is 5.97. The Morgan fingerprint density at radius 3 is 2.50 bits per heavy atom. The first-order valence-corrected chi connectivity index (χ1v) is 5.97. The van der Waals surface area contributed by atoms with Crippen LogP contribution in [-0.4, -0.2) is 26.1 Å². The number of benzene rings is 1. The van der Waals surface area contributed by atoms with E-state index in [-0.39, 0.29) is 28.6 Å². The summed E-state index contributed by atoms with van der Waals surface area (Å²) in [4.78, 5) is 11.1. The van der Waals surface area contributed by atoms with Crippen LogP contribution in [0.1, 0.15) is 41.5 Å². The van der Waals surface area contributed by atoms with Crippen LogP contribution >= 0.6 is 0 Å². The molecule has 0 amide bonds. The second-order valence-corrected chi connectivity index (χ2v) is 4.75. The van der Waals surface area contributed by atoms with Gasteiger partial charge in [0.25, 0.3) is 0 Å². The summed E-state index contributed by atoms with van der Waals surface area (Å²) in [6, 6.07) is 2.02. The summed E-state index contributed by atoms with van der Waals surface area (Å²) < 4.78 is 28.6. The number of carboxylic acids is 1. The van der Waals surface area contributed by atoms with Crippen LogP contribution in [-0.2, 0) is 0 Å². The van der Waals surface area contributed by atoms with Gasteiger partial charge in [0.1, 0.15) is 17.3 Å². The van der Waals surface area contributed by atoms with Crippen LogP contribution in [0.4, 0.5) is 8.78 Å². The Labute approximate surface area is 113 Å². The highest BCUT2D eigenvalue weighted by Gasteiger charge is 2.24. The van der Waals surface area contributed by atoms with Crippen molar-refractivity contribution in [3.8, 4) is 5.69 Å². The van der Waals surface area contributed by atoms with Crippen molar-refractivity contribution < 1.29 is 18.7 Å². The predicted octanol–water partition coefficient (Wildman–Crippen LogP) is 2.68. The molecule has 7 heteroatoms. The van der Waals surface area contributed by atoms with Gasteiger partial charge in [0, 0.05) is 6.07 Å².